The Bertz CT molecular complexity index is 411. The molecule has 0 aliphatic heterocycles. The van der Waals surface area contributed by atoms with Crippen LogP contribution in [0.3, 0.4) is 0 Å². The van der Waals surface area contributed by atoms with Gasteiger partial charge in [-0.25, -0.2) is 0 Å². The smallest absolute Gasteiger partial charge is 0.142 e. The maximum Gasteiger partial charge on any atom is 0.142 e. The zero-order valence-electron chi connectivity index (χ0n) is 16.0. The number of halogens is 1. The van der Waals surface area contributed by atoms with E-state index in [-0.39, 0.29) is 6.67 Å². The van der Waals surface area contributed by atoms with Crippen LogP contribution < -0.4 is 10.5 Å². The number of alkyl halides is 1. The first kappa shape index (κ1) is 21.8. The number of rotatable bonds is 17. The zero-order chi connectivity index (χ0) is 18.0. The summed E-state index contributed by atoms with van der Waals surface area (Å²) in [5.74, 6) is 0.810. The highest BCUT2D eigenvalue weighted by molar-refractivity contribution is 5.51. The van der Waals surface area contributed by atoms with E-state index in [1.54, 1.807) is 0 Å². The van der Waals surface area contributed by atoms with Crippen molar-refractivity contribution in [3.63, 3.8) is 0 Å². The van der Waals surface area contributed by atoms with Crippen molar-refractivity contribution < 1.29 is 9.13 Å². The van der Waals surface area contributed by atoms with Crippen molar-refractivity contribution in [1.82, 2.24) is 0 Å². The fourth-order valence-corrected chi connectivity index (χ4v) is 3.11. The van der Waals surface area contributed by atoms with E-state index < -0.39 is 0 Å². The van der Waals surface area contributed by atoms with Gasteiger partial charge in [-0.1, -0.05) is 89.2 Å². The first-order valence-corrected chi connectivity index (χ1v) is 10.4. The van der Waals surface area contributed by atoms with E-state index in [0.717, 1.165) is 37.3 Å². The predicted molar refractivity (Wildman–Crippen MR) is 107 cm³/mol. The van der Waals surface area contributed by atoms with E-state index in [0.29, 0.717) is 0 Å². The molecule has 0 saturated carbocycles. The molecule has 0 aliphatic carbocycles. The molecule has 0 unspecified atom stereocenters. The minimum atomic E-state index is -0.144. The van der Waals surface area contributed by atoms with Gasteiger partial charge in [0.2, 0.25) is 0 Å². The van der Waals surface area contributed by atoms with Gasteiger partial charge in [0.1, 0.15) is 5.75 Å². The van der Waals surface area contributed by atoms with E-state index in [9.17, 15) is 4.39 Å². The maximum atomic E-state index is 11.9. The van der Waals surface area contributed by atoms with Gasteiger partial charge in [-0.05, 0) is 25.0 Å². The molecule has 0 aliphatic rings. The second-order valence-electron chi connectivity index (χ2n) is 7.03. The van der Waals surface area contributed by atoms with Crippen LogP contribution in [0.25, 0.3) is 0 Å². The Morgan fingerprint density at radius 3 is 1.56 bits per heavy atom. The summed E-state index contributed by atoms with van der Waals surface area (Å²) >= 11 is 0. The van der Waals surface area contributed by atoms with Crippen molar-refractivity contribution >= 4 is 5.69 Å². The standard InChI is InChI=1S/C22H38FNO/c23-19-15-11-9-7-5-3-1-2-4-6-8-10-12-16-20-25-22-18-14-13-17-21(22)24/h13-14,17-18H,1-12,15-16,19-20,24H2. The first-order chi connectivity index (χ1) is 12.3. The fourth-order valence-electron chi connectivity index (χ4n) is 3.11. The molecule has 144 valence electrons. The summed E-state index contributed by atoms with van der Waals surface area (Å²) in [5.41, 5.74) is 6.57. The SMILES string of the molecule is Nc1ccccc1OCCCCCCCCCCCCCCCCF. The number of hydrogen-bond donors (Lipinski definition) is 1. The molecule has 3 heteroatoms. The van der Waals surface area contributed by atoms with Gasteiger partial charge in [-0.15, -0.1) is 0 Å². The molecule has 0 atom stereocenters. The number of hydrogen-bond acceptors (Lipinski definition) is 2. The van der Waals surface area contributed by atoms with Crippen LogP contribution in [0.15, 0.2) is 24.3 Å². The molecular weight excluding hydrogens is 313 g/mol. The van der Waals surface area contributed by atoms with Crippen molar-refractivity contribution in [2.24, 2.45) is 0 Å². The van der Waals surface area contributed by atoms with Crippen LogP contribution in [0.4, 0.5) is 10.1 Å². The average Bonchev–Trinajstić information content (AvgIpc) is 2.63. The lowest BCUT2D eigenvalue weighted by Gasteiger charge is -2.08. The lowest BCUT2D eigenvalue weighted by atomic mass is 10.0. The quantitative estimate of drug-likeness (QED) is 0.240. The van der Waals surface area contributed by atoms with Crippen molar-refractivity contribution in [2.45, 2.75) is 89.9 Å². The third-order valence-electron chi connectivity index (χ3n) is 4.70. The molecule has 0 fully saturated rings. The summed E-state index contributed by atoms with van der Waals surface area (Å²) in [6.07, 6.45) is 17.5. The molecule has 2 N–H and O–H groups in total. The predicted octanol–water partition coefficient (Wildman–Crippen LogP) is 7.08. The highest BCUT2D eigenvalue weighted by Gasteiger charge is 1.98. The average molecular weight is 352 g/mol. The van der Waals surface area contributed by atoms with Crippen molar-refractivity contribution in [3.05, 3.63) is 24.3 Å². The molecule has 0 amide bonds. The highest BCUT2D eigenvalue weighted by atomic mass is 19.1. The van der Waals surface area contributed by atoms with Crippen molar-refractivity contribution in [3.8, 4) is 5.75 Å². The van der Waals surface area contributed by atoms with Crippen molar-refractivity contribution in [1.29, 1.82) is 0 Å². The van der Waals surface area contributed by atoms with Crippen LogP contribution in [0, 0.1) is 0 Å². The topological polar surface area (TPSA) is 35.2 Å². The number of benzene rings is 1. The van der Waals surface area contributed by atoms with Crippen LogP contribution >= 0.6 is 0 Å². The van der Waals surface area contributed by atoms with Gasteiger partial charge in [0.15, 0.2) is 0 Å². The summed E-state index contributed by atoms with van der Waals surface area (Å²) < 4.78 is 17.6. The van der Waals surface area contributed by atoms with E-state index in [2.05, 4.69) is 0 Å². The molecule has 0 aromatic heterocycles. The van der Waals surface area contributed by atoms with E-state index in [1.165, 1.54) is 70.6 Å². The number of unbranched alkanes of at least 4 members (excludes halogenated alkanes) is 13. The van der Waals surface area contributed by atoms with Gasteiger partial charge < -0.3 is 10.5 Å². The molecule has 1 rings (SSSR count). The molecule has 0 bridgehead atoms. The minimum Gasteiger partial charge on any atom is -0.491 e. The first-order valence-electron chi connectivity index (χ1n) is 10.4. The number of para-hydroxylation sites is 2. The van der Waals surface area contributed by atoms with Crippen LogP contribution in [0.2, 0.25) is 0 Å². The lowest BCUT2D eigenvalue weighted by molar-refractivity contribution is 0.306. The Morgan fingerprint density at radius 1 is 0.640 bits per heavy atom. The monoisotopic (exact) mass is 351 g/mol. The second kappa shape index (κ2) is 16.2. The van der Waals surface area contributed by atoms with E-state index >= 15 is 0 Å². The zero-order valence-corrected chi connectivity index (χ0v) is 16.0. The van der Waals surface area contributed by atoms with Gasteiger partial charge >= 0.3 is 0 Å². The molecule has 2 nitrogen and oxygen atoms in total. The number of ether oxygens (including phenoxy) is 1. The largest absolute Gasteiger partial charge is 0.491 e. The summed E-state index contributed by atoms with van der Waals surface area (Å²) in [6.45, 7) is 0.619. The number of anilines is 1. The summed E-state index contributed by atoms with van der Waals surface area (Å²) in [7, 11) is 0. The van der Waals surface area contributed by atoms with Crippen molar-refractivity contribution in [2.75, 3.05) is 19.0 Å². The second-order valence-corrected chi connectivity index (χ2v) is 7.03. The van der Waals surface area contributed by atoms with Crippen LogP contribution in [0.5, 0.6) is 5.75 Å². The van der Waals surface area contributed by atoms with Crippen LogP contribution in [-0.2, 0) is 0 Å². The maximum absolute atomic E-state index is 11.9. The molecule has 0 heterocycles. The molecule has 25 heavy (non-hydrogen) atoms. The number of nitrogens with two attached hydrogens (primary N) is 1. The normalized spacial score (nSPS) is 10.9. The molecule has 0 spiro atoms. The Kier molecular flexibility index (Phi) is 14.1. The fraction of sp³-hybridized carbons (Fsp3) is 0.727. The van der Waals surface area contributed by atoms with Crippen LogP contribution in [-0.4, -0.2) is 13.3 Å². The lowest BCUT2D eigenvalue weighted by Crippen LogP contribution is -2.00. The van der Waals surface area contributed by atoms with E-state index in [1.807, 2.05) is 24.3 Å². The summed E-state index contributed by atoms with van der Waals surface area (Å²) in [4.78, 5) is 0. The Morgan fingerprint density at radius 2 is 1.08 bits per heavy atom. The van der Waals surface area contributed by atoms with Gasteiger partial charge in [-0.2, -0.15) is 0 Å². The van der Waals surface area contributed by atoms with Crippen LogP contribution in [0.1, 0.15) is 89.9 Å². The Labute approximate surface area is 154 Å². The van der Waals surface area contributed by atoms with Gasteiger partial charge in [0.25, 0.3) is 0 Å². The van der Waals surface area contributed by atoms with Gasteiger partial charge in [0, 0.05) is 0 Å². The third-order valence-corrected chi connectivity index (χ3v) is 4.70. The van der Waals surface area contributed by atoms with Gasteiger partial charge in [-0.3, -0.25) is 4.39 Å². The summed E-state index contributed by atoms with van der Waals surface area (Å²) in [5, 5.41) is 0. The molecular formula is C22H38FNO. The number of nitrogen functional groups attached to an aromatic ring is 1. The Balaban J connectivity index is 1.75. The molecule has 1 aromatic rings. The molecule has 0 radical (unpaired) electrons. The highest BCUT2D eigenvalue weighted by Crippen LogP contribution is 2.20. The van der Waals surface area contributed by atoms with Gasteiger partial charge in [0.05, 0.1) is 19.0 Å². The molecule has 1 aromatic carbocycles. The Hall–Kier alpha value is -1.25. The van der Waals surface area contributed by atoms with E-state index in [4.69, 9.17) is 10.5 Å². The minimum absolute atomic E-state index is 0.144. The third kappa shape index (κ3) is 12.7. The summed E-state index contributed by atoms with van der Waals surface area (Å²) in [6, 6.07) is 7.69. The molecule has 0 saturated heterocycles.